The highest BCUT2D eigenvalue weighted by molar-refractivity contribution is 7.99. The van der Waals surface area contributed by atoms with Gasteiger partial charge in [-0.1, -0.05) is 72.4 Å². The fourth-order valence-electron chi connectivity index (χ4n) is 2.41. The molecule has 24 heavy (non-hydrogen) atoms. The van der Waals surface area contributed by atoms with E-state index in [1.165, 1.54) is 11.8 Å². The summed E-state index contributed by atoms with van der Waals surface area (Å²) in [6.07, 6.45) is 1.66. The lowest BCUT2D eigenvalue weighted by molar-refractivity contribution is 0.102. The molecule has 0 bridgehead atoms. The van der Waals surface area contributed by atoms with Crippen molar-refractivity contribution < 1.29 is 9.90 Å². The lowest BCUT2D eigenvalue weighted by Gasteiger charge is -2.10. The quantitative estimate of drug-likeness (QED) is 0.530. The van der Waals surface area contributed by atoms with Gasteiger partial charge in [-0.05, 0) is 5.56 Å². The molecule has 0 amide bonds. The van der Waals surface area contributed by atoms with Crippen LogP contribution in [0.25, 0.3) is 0 Å². The minimum absolute atomic E-state index is 0.0698. The average molecular weight is 338 g/mol. The van der Waals surface area contributed by atoms with Crippen molar-refractivity contribution in [1.82, 2.24) is 9.55 Å². The van der Waals surface area contributed by atoms with Crippen molar-refractivity contribution in [2.24, 2.45) is 0 Å². The smallest absolute Gasteiger partial charge is 0.173 e. The van der Waals surface area contributed by atoms with Gasteiger partial charge in [-0.15, -0.1) is 0 Å². The van der Waals surface area contributed by atoms with Crippen LogP contribution in [0, 0.1) is 0 Å². The second-order valence-corrected chi connectivity index (χ2v) is 6.28. The molecule has 3 aromatic rings. The second kappa shape index (κ2) is 7.95. The summed E-state index contributed by atoms with van der Waals surface area (Å²) in [4.78, 5) is 16.6. The Labute approximate surface area is 145 Å². The van der Waals surface area contributed by atoms with E-state index in [9.17, 15) is 9.90 Å². The van der Waals surface area contributed by atoms with Gasteiger partial charge in [-0.3, -0.25) is 4.79 Å². The molecular formula is C19H18N2O2S. The summed E-state index contributed by atoms with van der Waals surface area (Å²) in [7, 11) is 0. The van der Waals surface area contributed by atoms with Crippen molar-refractivity contribution in [2.75, 3.05) is 5.75 Å². The van der Waals surface area contributed by atoms with Gasteiger partial charge < -0.3 is 9.67 Å². The van der Waals surface area contributed by atoms with Gasteiger partial charge in [-0.25, -0.2) is 4.98 Å². The van der Waals surface area contributed by atoms with Crippen molar-refractivity contribution in [2.45, 2.75) is 18.3 Å². The summed E-state index contributed by atoms with van der Waals surface area (Å²) in [6.45, 7) is 0.547. The van der Waals surface area contributed by atoms with Crippen molar-refractivity contribution in [1.29, 1.82) is 0 Å². The first-order valence-electron chi connectivity index (χ1n) is 7.68. The van der Waals surface area contributed by atoms with Crippen molar-refractivity contribution in [3.63, 3.8) is 0 Å². The third kappa shape index (κ3) is 3.93. The topological polar surface area (TPSA) is 55.1 Å². The van der Waals surface area contributed by atoms with E-state index in [0.29, 0.717) is 17.9 Å². The van der Waals surface area contributed by atoms with E-state index < -0.39 is 0 Å². The predicted octanol–water partition coefficient (Wildman–Crippen LogP) is 3.40. The molecule has 0 aliphatic heterocycles. The van der Waals surface area contributed by atoms with Gasteiger partial charge in [0.1, 0.15) is 0 Å². The number of aromatic nitrogens is 2. The number of aliphatic hydroxyl groups excluding tert-OH is 1. The van der Waals surface area contributed by atoms with Crippen LogP contribution in [0.5, 0.6) is 0 Å². The molecule has 1 aromatic heterocycles. The molecule has 0 aliphatic rings. The summed E-state index contributed by atoms with van der Waals surface area (Å²) < 4.78 is 1.96. The monoisotopic (exact) mass is 338 g/mol. The largest absolute Gasteiger partial charge is 0.390 e. The van der Waals surface area contributed by atoms with Gasteiger partial charge in [0.05, 0.1) is 24.3 Å². The summed E-state index contributed by atoms with van der Waals surface area (Å²) >= 11 is 1.40. The molecule has 0 spiro atoms. The van der Waals surface area contributed by atoms with Gasteiger partial charge in [0, 0.05) is 12.1 Å². The molecular weight excluding hydrogens is 320 g/mol. The zero-order chi connectivity index (χ0) is 16.8. The lowest BCUT2D eigenvalue weighted by Crippen LogP contribution is -2.08. The molecule has 0 unspecified atom stereocenters. The van der Waals surface area contributed by atoms with E-state index in [1.807, 2.05) is 65.2 Å². The fraction of sp³-hybridized carbons (Fsp3) is 0.158. The maximum atomic E-state index is 12.3. The standard InChI is InChI=1S/C19H18N2O2S/c22-13-17-11-20-19(21(17)12-15-7-3-1-4-8-15)24-14-18(23)16-9-5-2-6-10-16/h1-11,22H,12-14H2. The zero-order valence-electron chi connectivity index (χ0n) is 13.1. The van der Waals surface area contributed by atoms with Crippen LogP contribution in [0.1, 0.15) is 21.6 Å². The van der Waals surface area contributed by atoms with E-state index in [4.69, 9.17) is 0 Å². The highest BCUT2D eigenvalue weighted by Gasteiger charge is 2.13. The van der Waals surface area contributed by atoms with Crippen LogP contribution in [-0.2, 0) is 13.2 Å². The Hall–Kier alpha value is -2.37. The molecule has 5 heteroatoms. The van der Waals surface area contributed by atoms with Crippen molar-refractivity contribution in [3.05, 3.63) is 83.7 Å². The van der Waals surface area contributed by atoms with E-state index in [1.54, 1.807) is 6.20 Å². The Bertz CT molecular complexity index is 801. The van der Waals surface area contributed by atoms with Crippen molar-refractivity contribution >= 4 is 17.5 Å². The number of carbonyl (C=O) groups excluding carboxylic acids is 1. The van der Waals surface area contributed by atoms with E-state index >= 15 is 0 Å². The van der Waals surface area contributed by atoms with Crippen LogP contribution >= 0.6 is 11.8 Å². The maximum Gasteiger partial charge on any atom is 0.173 e. The zero-order valence-corrected chi connectivity index (χ0v) is 13.9. The lowest BCUT2D eigenvalue weighted by atomic mass is 10.2. The Morgan fingerprint density at radius 3 is 2.38 bits per heavy atom. The molecule has 122 valence electrons. The number of carbonyl (C=O) groups is 1. The maximum absolute atomic E-state index is 12.3. The molecule has 0 radical (unpaired) electrons. The number of rotatable bonds is 7. The molecule has 0 aliphatic carbocycles. The van der Waals surface area contributed by atoms with Crippen LogP contribution in [0.2, 0.25) is 0 Å². The second-order valence-electron chi connectivity index (χ2n) is 5.34. The minimum Gasteiger partial charge on any atom is -0.390 e. The SMILES string of the molecule is O=C(CSc1ncc(CO)n1Cc1ccccc1)c1ccccc1. The van der Waals surface area contributed by atoms with E-state index in [-0.39, 0.29) is 12.4 Å². The third-order valence-corrected chi connectivity index (χ3v) is 4.67. The summed E-state index contributed by atoms with van der Waals surface area (Å²) in [5.74, 6) is 0.390. The van der Waals surface area contributed by atoms with Gasteiger partial charge in [-0.2, -0.15) is 0 Å². The summed E-state index contributed by atoms with van der Waals surface area (Å²) in [6, 6.07) is 19.2. The molecule has 0 fully saturated rings. The summed E-state index contributed by atoms with van der Waals surface area (Å²) in [5.41, 5.74) is 2.57. The van der Waals surface area contributed by atoms with Crippen LogP contribution in [0.15, 0.2) is 72.0 Å². The van der Waals surface area contributed by atoms with Gasteiger partial charge in [0.2, 0.25) is 0 Å². The van der Waals surface area contributed by atoms with Gasteiger partial charge >= 0.3 is 0 Å². The number of Topliss-reactive ketones (excluding diaryl/α,β-unsaturated/α-hetero) is 1. The highest BCUT2D eigenvalue weighted by atomic mass is 32.2. The molecule has 3 rings (SSSR count). The number of ketones is 1. The molecule has 0 atom stereocenters. The number of thioether (sulfide) groups is 1. The Morgan fingerprint density at radius 2 is 1.71 bits per heavy atom. The van der Waals surface area contributed by atoms with Crippen LogP contribution in [-0.4, -0.2) is 26.2 Å². The number of imidazole rings is 1. The first-order chi connectivity index (χ1) is 11.8. The number of hydrogen-bond acceptors (Lipinski definition) is 4. The average Bonchev–Trinajstić information content (AvgIpc) is 3.03. The minimum atomic E-state index is -0.0764. The molecule has 0 saturated carbocycles. The molecule has 1 N–H and O–H groups in total. The number of aliphatic hydroxyl groups is 1. The molecule has 2 aromatic carbocycles. The Morgan fingerprint density at radius 1 is 1.04 bits per heavy atom. The number of benzene rings is 2. The van der Waals surface area contributed by atoms with Gasteiger partial charge in [0.25, 0.3) is 0 Å². The van der Waals surface area contributed by atoms with Crippen molar-refractivity contribution in [3.8, 4) is 0 Å². The third-order valence-electron chi connectivity index (χ3n) is 3.68. The molecule has 1 heterocycles. The highest BCUT2D eigenvalue weighted by Crippen LogP contribution is 2.21. The van der Waals surface area contributed by atoms with Gasteiger partial charge in [0.15, 0.2) is 10.9 Å². The van der Waals surface area contributed by atoms with Crippen LogP contribution in [0.3, 0.4) is 0 Å². The Balaban J connectivity index is 1.74. The first-order valence-corrected chi connectivity index (χ1v) is 8.66. The Kier molecular flexibility index (Phi) is 5.46. The predicted molar refractivity (Wildman–Crippen MR) is 95.2 cm³/mol. The number of hydrogen-bond donors (Lipinski definition) is 1. The number of nitrogens with zero attached hydrogens (tertiary/aromatic N) is 2. The molecule has 0 saturated heterocycles. The fourth-order valence-corrected chi connectivity index (χ4v) is 3.30. The van der Waals surface area contributed by atoms with Crippen LogP contribution < -0.4 is 0 Å². The summed E-state index contributed by atoms with van der Waals surface area (Å²) in [5, 5.41) is 10.3. The van der Waals surface area contributed by atoms with E-state index in [0.717, 1.165) is 16.4 Å². The first kappa shape index (κ1) is 16.5. The molecule has 4 nitrogen and oxygen atoms in total. The van der Waals surface area contributed by atoms with Crippen LogP contribution in [0.4, 0.5) is 0 Å². The van der Waals surface area contributed by atoms with E-state index in [2.05, 4.69) is 4.98 Å². The normalized spacial score (nSPS) is 10.7.